The average molecular weight is 503 g/mol. The minimum Gasteiger partial charge on any atom is -0.363 e. The maximum Gasteiger partial charge on any atom is 0.416 e. The molecule has 0 fully saturated rings. The molecule has 3 aromatic rings. The first kappa shape index (κ1) is 23.9. The smallest absolute Gasteiger partial charge is 0.363 e. The summed E-state index contributed by atoms with van der Waals surface area (Å²) in [7, 11) is 0. The summed E-state index contributed by atoms with van der Waals surface area (Å²) in [6, 6.07) is 7.77. The van der Waals surface area contributed by atoms with Crippen LogP contribution >= 0.6 is 11.6 Å². The maximum absolute atomic E-state index is 13.8. The number of aromatic nitrogens is 2. The SMILES string of the molecule is Cc1ccc([C@H]2C[C@H](C(F)(F)F)n3nc(C(=O)Nc4cc(C(F)(F)F)ccc4Cl)cc3N2)cc1. The maximum atomic E-state index is 13.8. The number of amides is 1. The van der Waals surface area contributed by atoms with E-state index in [9.17, 15) is 31.1 Å². The van der Waals surface area contributed by atoms with Crippen LogP contribution in [-0.2, 0) is 6.18 Å². The van der Waals surface area contributed by atoms with E-state index in [1.54, 1.807) is 24.3 Å². The van der Waals surface area contributed by atoms with Crippen LogP contribution in [0.2, 0.25) is 5.02 Å². The van der Waals surface area contributed by atoms with Crippen LogP contribution in [0.3, 0.4) is 0 Å². The number of carbonyl (C=O) groups is 1. The van der Waals surface area contributed by atoms with Crippen LogP contribution in [0, 0.1) is 6.92 Å². The van der Waals surface area contributed by atoms with Crippen LogP contribution < -0.4 is 10.6 Å². The number of benzene rings is 2. The van der Waals surface area contributed by atoms with E-state index < -0.39 is 41.6 Å². The van der Waals surface area contributed by atoms with E-state index in [1.165, 1.54) is 0 Å². The standard InChI is InChI=1S/C22H17ClF6N4O/c1-11-2-4-12(5-3-11)15-9-18(22(27,28)29)33-19(30-15)10-17(32-33)20(34)31-16-8-13(21(24,25)26)6-7-14(16)23/h2-8,10,15,18,30H,9H2,1H3,(H,31,34)/t15-,18-/m1/s1. The molecule has 5 nitrogen and oxygen atoms in total. The largest absolute Gasteiger partial charge is 0.416 e. The number of nitrogens with one attached hydrogen (secondary N) is 2. The summed E-state index contributed by atoms with van der Waals surface area (Å²) in [4.78, 5) is 12.7. The molecule has 12 heteroatoms. The number of hydrogen-bond donors (Lipinski definition) is 2. The van der Waals surface area contributed by atoms with E-state index in [-0.39, 0.29) is 22.9 Å². The van der Waals surface area contributed by atoms with Crippen LogP contribution in [0.15, 0.2) is 48.5 Å². The van der Waals surface area contributed by atoms with Gasteiger partial charge in [-0.2, -0.15) is 31.4 Å². The quantitative estimate of drug-likeness (QED) is 0.388. The van der Waals surface area contributed by atoms with Crippen molar-refractivity contribution >= 4 is 29.0 Å². The summed E-state index contributed by atoms with van der Waals surface area (Å²) >= 11 is 5.89. The first-order chi connectivity index (χ1) is 15.8. The number of carbonyl (C=O) groups excluding carboxylic acids is 1. The van der Waals surface area contributed by atoms with Crippen LogP contribution in [0.5, 0.6) is 0 Å². The summed E-state index contributed by atoms with van der Waals surface area (Å²) in [6.07, 6.45) is -9.68. The molecule has 0 unspecified atom stereocenters. The van der Waals surface area contributed by atoms with Gasteiger partial charge in [0.1, 0.15) is 5.82 Å². The van der Waals surface area contributed by atoms with Crippen molar-refractivity contribution < 1.29 is 31.1 Å². The Kier molecular flexibility index (Phi) is 6.01. The molecule has 0 spiro atoms. The Balaban J connectivity index is 1.64. The Bertz CT molecular complexity index is 1220. The second kappa shape index (κ2) is 8.53. The highest BCUT2D eigenvalue weighted by Gasteiger charge is 2.46. The highest BCUT2D eigenvalue weighted by Crippen LogP contribution is 2.43. The van der Waals surface area contributed by atoms with Crippen LogP contribution in [0.25, 0.3) is 0 Å². The lowest BCUT2D eigenvalue weighted by Crippen LogP contribution is -2.35. The minimum atomic E-state index is -4.67. The fourth-order valence-corrected chi connectivity index (χ4v) is 3.85. The lowest BCUT2D eigenvalue weighted by atomic mass is 9.96. The van der Waals surface area contributed by atoms with Gasteiger partial charge in [-0.15, -0.1) is 0 Å². The number of anilines is 2. The normalized spacial score (nSPS) is 18.2. The molecule has 0 aliphatic carbocycles. The van der Waals surface area contributed by atoms with Crippen molar-refractivity contribution in [3.63, 3.8) is 0 Å². The third kappa shape index (κ3) is 4.84. The number of halogens is 7. The second-order valence-corrected chi connectivity index (χ2v) is 8.31. The van der Waals surface area contributed by atoms with Crippen LogP contribution in [0.1, 0.15) is 45.7 Å². The van der Waals surface area contributed by atoms with Gasteiger partial charge in [-0.1, -0.05) is 41.4 Å². The lowest BCUT2D eigenvalue weighted by molar-refractivity contribution is -0.173. The summed E-state index contributed by atoms with van der Waals surface area (Å²) in [5.74, 6) is -1.04. The molecule has 2 heterocycles. The van der Waals surface area contributed by atoms with Crippen LogP contribution in [-0.4, -0.2) is 21.9 Å². The van der Waals surface area contributed by atoms with Gasteiger partial charge in [0.15, 0.2) is 11.7 Å². The molecule has 1 aromatic heterocycles. The number of alkyl halides is 6. The fourth-order valence-electron chi connectivity index (χ4n) is 3.69. The van der Waals surface area contributed by atoms with Gasteiger partial charge < -0.3 is 10.6 Å². The number of fused-ring (bicyclic) bond motifs is 1. The Labute approximate surface area is 194 Å². The summed E-state index contributed by atoms with van der Waals surface area (Å²) < 4.78 is 81.1. The molecule has 1 aliphatic heterocycles. The first-order valence-electron chi connectivity index (χ1n) is 10.0. The van der Waals surface area contributed by atoms with Gasteiger partial charge in [-0.25, -0.2) is 4.68 Å². The molecule has 2 aromatic carbocycles. The molecule has 1 aliphatic rings. The van der Waals surface area contributed by atoms with Crippen LogP contribution in [0.4, 0.5) is 37.8 Å². The summed E-state index contributed by atoms with van der Waals surface area (Å²) in [5, 5.41) is 8.78. The zero-order valence-electron chi connectivity index (χ0n) is 17.4. The molecule has 2 N–H and O–H groups in total. The second-order valence-electron chi connectivity index (χ2n) is 7.91. The molecule has 0 saturated carbocycles. The molecule has 0 radical (unpaired) electrons. The third-order valence-electron chi connectivity index (χ3n) is 5.44. The molecule has 34 heavy (non-hydrogen) atoms. The topological polar surface area (TPSA) is 59.0 Å². The monoisotopic (exact) mass is 502 g/mol. The molecule has 0 bridgehead atoms. The molecular formula is C22H17ClF6N4O. The van der Waals surface area contributed by atoms with Gasteiger partial charge in [0.2, 0.25) is 0 Å². The number of rotatable bonds is 3. The van der Waals surface area contributed by atoms with Gasteiger partial charge in [0.05, 0.1) is 22.3 Å². The Hall–Kier alpha value is -3.21. The molecule has 1 amide bonds. The Morgan fingerprint density at radius 3 is 2.38 bits per heavy atom. The molecule has 0 saturated heterocycles. The summed E-state index contributed by atoms with van der Waals surface area (Å²) in [6.45, 7) is 1.85. The fraction of sp³-hybridized carbons (Fsp3) is 0.273. The molecule has 2 atom stereocenters. The molecular weight excluding hydrogens is 486 g/mol. The highest BCUT2D eigenvalue weighted by molar-refractivity contribution is 6.33. The zero-order valence-corrected chi connectivity index (χ0v) is 18.2. The zero-order chi connectivity index (χ0) is 24.8. The van der Waals surface area contributed by atoms with Crippen molar-refractivity contribution in [3.8, 4) is 0 Å². The number of aryl methyl sites for hydroxylation is 1. The first-order valence-corrected chi connectivity index (χ1v) is 10.4. The number of nitrogens with zero attached hydrogens (tertiary/aromatic N) is 2. The van der Waals surface area contributed by atoms with Gasteiger partial charge in [0.25, 0.3) is 5.91 Å². The van der Waals surface area contributed by atoms with Crippen molar-refractivity contribution in [2.75, 3.05) is 10.6 Å². The molecule has 4 rings (SSSR count). The van der Waals surface area contributed by atoms with Gasteiger partial charge in [-0.3, -0.25) is 4.79 Å². The highest BCUT2D eigenvalue weighted by atomic mass is 35.5. The molecule has 180 valence electrons. The van der Waals surface area contributed by atoms with Crippen molar-refractivity contribution in [1.29, 1.82) is 0 Å². The minimum absolute atomic E-state index is 0.0422. The van der Waals surface area contributed by atoms with Gasteiger partial charge in [-0.05, 0) is 30.7 Å². The predicted molar refractivity (Wildman–Crippen MR) is 114 cm³/mol. The van der Waals surface area contributed by atoms with Crippen molar-refractivity contribution in [2.45, 2.75) is 37.8 Å². The van der Waals surface area contributed by atoms with E-state index in [0.29, 0.717) is 16.3 Å². The van der Waals surface area contributed by atoms with Gasteiger partial charge in [0, 0.05) is 12.5 Å². The number of hydrogen-bond acceptors (Lipinski definition) is 3. The van der Waals surface area contributed by atoms with E-state index in [4.69, 9.17) is 11.6 Å². The van der Waals surface area contributed by atoms with Crippen molar-refractivity contribution in [3.05, 3.63) is 75.9 Å². The third-order valence-corrected chi connectivity index (χ3v) is 5.77. The van der Waals surface area contributed by atoms with Gasteiger partial charge >= 0.3 is 12.4 Å². The Morgan fingerprint density at radius 1 is 1.09 bits per heavy atom. The van der Waals surface area contributed by atoms with E-state index >= 15 is 0 Å². The van der Waals surface area contributed by atoms with Crippen molar-refractivity contribution in [1.82, 2.24) is 9.78 Å². The average Bonchev–Trinajstić information content (AvgIpc) is 3.18. The van der Waals surface area contributed by atoms with E-state index in [2.05, 4.69) is 15.7 Å². The Morgan fingerprint density at radius 2 is 1.76 bits per heavy atom. The van der Waals surface area contributed by atoms with Crippen molar-refractivity contribution in [2.24, 2.45) is 0 Å². The summed E-state index contributed by atoms with van der Waals surface area (Å²) in [5.41, 5.74) is -0.214. The van der Waals surface area contributed by atoms with E-state index in [1.807, 2.05) is 6.92 Å². The van der Waals surface area contributed by atoms with E-state index in [0.717, 1.165) is 23.8 Å². The predicted octanol–water partition coefficient (Wildman–Crippen LogP) is 6.78. The lowest BCUT2D eigenvalue weighted by Gasteiger charge is -2.33.